The third kappa shape index (κ3) is 4.61. The summed E-state index contributed by atoms with van der Waals surface area (Å²) in [5.41, 5.74) is 1.12. The van der Waals surface area contributed by atoms with Crippen molar-refractivity contribution in [2.24, 2.45) is 5.92 Å². The molecule has 1 heterocycles. The van der Waals surface area contributed by atoms with Gasteiger partial charge in [0.15, 0.2) is 0 Å². The first-order valence-electron chi connectivity index (χ1n) is 8.42. The highest BCUT2D eigenvalue weighted by molar-refractivity contribution is 5.79. The summed E-state index contributed by atoms with van der Waals surface area (Å²) in [6.07, 6.45) is 2.05. The number of methoxy groups -OCH3 is 1. The zero-order valence-corrected chi connectivity index (χ0v) is 14.3. The minimum atomic E-state index is -0.613. The van der Waals surface area contributed by atoms with E-state index < -0.39 is 6.10 Å². The summed E-state index contributed by atoms with van der Waals surface area (Å²) in [6, 6.07) is 8.12. The zero-order chi connectivity index (χ0) is 16.8. The summed E-state index contributed by atoms with van der Waals surface area (Å²) in [6.45, 7) is 5.37. The Morgan fingerprint density at radius 3 is 2.96 bits per heavy atom. The van der Waals surface area contributed by atoms with Crippen LogP contribution in [-0.2, 0) is 4.79 Å². The van der Waals surface area contributed by atoms with Crippen molar-refractivity contribution >= 4 is 11.6 Å². The van der Waals surface area contributed by atoms with Crippen molar-refractivity contribution in [3.05, 3.63) is 24.3 Å². The number of hydrogen-bond acceptors (Lipinski definition) is 4. The monoisotopic (exact) mass is 320 g/mol. The fourth-order valence-electron chi connectivity index (χ4n) is 3.19. The Kier molecular flexibility index (Phi) is 6.28. The number of benzene rings is 1. The number of carbonyl (C=O) groups excluding carboxylic acids is 1. The fourth-order valence-corrected chi connectivity index (χ4v) is 3.19. The Hall–Kier alpha value is -1.75. The summed E-state index contributed by atoms with van der Waals surface area (Å²) in [5.74, 6) is 0.469. The molecule has 2 rings (SSSR count). The highest BCUT2D eigenvalue weighted by Crippen LogP contribution is 2.24. The Balaban J connectivity index is 1.99. The van der Waals surface area contributed by atoms with Crippen LogP contribution in [0.4, 0.5) is 5.69 Å². The van der Waals surface area contributed by atoms with E-state index in [4.69, 9.17) is 4.74 Å². The molecule has 1 aromatic rings. The van der Waals surface area contributed by atoms with Crippen molar-refractivity contribution in [2.75, 3.05) is 25.1 Å². The lowest BCUT2D eigenvalue weighted by atomic mass is 9.98. The number of nitrogens with zero attached hydrogens (tertiary/aromatic N) is 1. The van der Waals surface area contributed by atoms with Crippen molar-refractivity contribution in [2.45, 2.75) is 45.3 Å². The molecule has 1 saturated heterocycles. The van der Waals surface area contributed by atoms with Crippen LogP contribution in [0.5, 0.6) is 5.75 Å². The molecule has 128 valence electrons. The van der Waals surface area contributed by atoms with Crippen molar-refractivity contribution in [1.82, 2.24) is 5.32 Å². The molecule has 1 fully saturated rings. The second kappa shape index (κ2) is 8.20. The van der Waals surface area contributed by atoms with Gasteiger partial charge in [-0.3, -0.25) is 4.79 Å². The summed E-state index contributed by atoms with van der Waals surface area (Å²) in [7, 11) is 1.67. The maximum Gasteiger partial charge on any atom is 0.225 e. The van der Waals surface area contributed by atoms with Gasteiger partial charge >= 0.3 is 0 Å². The van der Waals surface area contributed by atoms with Gasteiger partial charge in [0.1, 0.15) is 5.75 Å². The van der Waals surface area contributed by atoms with Crippen LogP contribution in [0.3, 0.4) is 0 Å². The third-order valence-electron chi connectivity index (χ3n) is 4.55. The second-order valence-corrected chi connectivity index (χ2v) is 6.25. The highest BCUT2D eigenvalue weighted by atomic mass is 16.5. The molecule has 1 amide bonds. The van der Waals surface area contributed by atoms with Crippen molar-refractivity contribution in [3.8, 4) is 5.75 Å². The lowest BCUT2D eigenvalue weighted by Gasteiger charge is -2.35. The standard InChI is InChI=1S/C18H28N2O3/c1-4-17(13(2)21)18(22)19-14-7-6-10-20(12-14)15-8-5-9-16(11-15)23-3/h5,8-9,11,13-14,17,21H,4,6-7,10,12H2,1-3H3,(H,19,22)/t13-,14-,17+/m1/s1. The molecule has 5 heteroatoms. The summed E-state index contributed by atoms with van der Waals surface area (Å²) in [4.78, 5) is 14.6. The molecule has 0 aromatic heterocycles. The van der Waals surface area contributed by atoms with E-state index in [2.05, 4.69) is 16.3 Å². The van der Waals surface area contributed by atoms with E-state index >= 15 is 0 Å². The first-order valence-corrected chi connectivity index (χ1v) is 8.42. The molecule has 1 aromatic carbocycles. The molecule has 2 N–H and O–H groups in total. The largest absolute Gasteiger partial charge is 0.497 e. The average molecular weight is 320 g/mol. The van der Waals surface area contributed by atoms with Gasteiger partial charge in [0, 0.05) is 30.9 Å². The van der Waals surface area contributed by atoms with Crippen molar-refractivity contribution in [1.29, 1.82) is 0 Å². The maximum atomic E-state index is 12.3. The van der Waals surface area contributed by atoms with E-state index in [0.717, 1.165) is 37.4 Å². The van der Waals surface area contributed by atoms with Crippen LogP contribution >= 0.6 is 0 Å². The summed E-state index contributed by atoms with van der Waals surface area (Å²) in [5, 5.41) is 12.8. The van der Waals surface area contributed by atoms with Gasteiger partial charge in [0.25, 0.3) is 0 Å². The highest BCUT2D eigenvalue weighted by Gasteiger charge is 2.27. The average Bonchev–Trinajstić information content (AvgIpc) is 2.55. The molecule has 0 unspecified atom stereocenters. The molecule has 5 nitrogen and oxygen atoms in total. The minimum absolute atomic E-state index is 0.0417. The lowest BCUT2D eigenvalue weighted by molar-refractivity contribution is -0.129. The molecule has 0 saturated carbocycles. The number of nitrogens with one attached hydrogen (secondary N) is 1. The van der Waals surface area contributed by atoms with Gasteiger partial charge < -0.3 is 20.1 Å². The van der Waals surface area contributed by atoms with Crippen LogP contribution in [-0.4, -0.2) is 43.4 Å². The fraction of sp³-hybridized carbons (Fsp3) is 0.611. The van der Waals surface area contributed by atoms with Crippen LogP contribution in [0, 0.1) is 5.92 Å². The quantitative estimate of drug-likeness (QED) is 0.843. The van der Waals surface area contributed by atoms with Crippen LogP contribution < -0.4 is 15.0 Å². The normalized spacial score (nSPS) is 20.7. The van der Waals surface area contributed by atoms with Gasteiger partial charge in [-0.15, -0.1) is 0 Å². The van der Waals surface area contributed by atoms with Gasteiger partial charge in [-0.05, 0) is 38.3 Å². The van der Waals surface area contributed by atoms with Gasteiger partial charge in [0.2, 0.25) is 5.91 Å². The number of amides is 1. The van der Waals surface area contributed by atoms with E-state index in [1.807, 2.05) is 25.1 Å². The smallest absolute Gasteiger partial charge is 0.225 e. The topological polar surface area (TPSA) is 61.8 Å². The van der Waals surface area contributed by atoms with E-state index in [-0.39, 0.29) is 17.9 Å². The molecule has 0 spiro atoms. The second-order valence-electron chi connectivity index (χ2n) is 6.25. The molecule has 0 aliphatic carbocycles. The Morgan fingerprint density at radius 1 is 1.52 bits per heavy atom. The molecule has 1 aliphatic heterocycles. The third-order valence-corrected chi connectivity index (χ3v) is 4.55. The number of aliphatic hydroxyl groups excluding tert-OH is 1. The van der Waals surface area contributed by atoms with E-state index in [9.17, 15) is 9.90 Å². The molecule has 1 aliphatic rings. The summed E-state index contributed by atoms with van der Waals surface area (Å²) >= 11 is 0. The Bertz CT molecular complexity index is 519. The van der Waals surface area contributed by atoms with Gasteiger partial charge in [-0.25, -0.2) is 0 Å². The number of hydrogen-bond donors (Lipinski definition) is 2. The van der Waals surface area contributed by atoms with Gasteiger partial charge in [0.05, 0.1) is 19.1 Å². The van der Waals surface area contributed by atoms with Crippen LogP contribution in [0.25, 0.3) is 0 Å². The number of piperidine rings is 1. The van der Waals surface area contributed by atoms with E-state index in [1.165, 1.54) is 0 Å². The van der Waals surface area contributed by atoms with Gasteiger partial charge in [-0.2, -0.15) is 0 Å². The van der Waals surface area contributed by atoms with Gasteiger partial charge in [-0.1, -0.05) is 13.0 Å². The van der Waals surface area contributed by atoms with E-state index in [0.29, 0.717) is 6.42 Å². The summed E-state index contributed by atoms with van der Waals surface area (Å²) < 4.78 is 5.29. The zero-order valence-electron chi connectivity index (χ0n) is 14.3. The maximum absolute atomic E-state index is 12.3. The van der Waals surface area contributed by atoms with Crippen LogP contribution in [0.2, 0.25) is 0 Å². The van der Waals surface area contributed by atoms with Crippen LogP contribution in [0.1, 0.15) is 33.1 Å². The lowest BCUT2D eigenvalue weighted by Crippen LogP contribution is -2.50. The molecule has 0 bridgehead atoms. The predicted octanol–water partition coefficient (Wildman–Crippen LogP) is 2.19. The number of ether oxygens (including phenoxy) is 1. The SMILES string of the molecule is CC[C@H](C(=O)N[C@@H]1CCCN(c2cccc(OC)c2)C1)[C@@H](C)O. The Morgan fingerprint density at radius 2 is 2.30 bits per heavy atom. The van der Waals surface area contributed by atoms with Crippen molar-refractivity contribution < 1.29 is 14.6 Å². The minimum Gasteiger partial charge on any atom is -0.497 e. The number of rotatable bonds is 6. The van der Waals surface area contributed by atoms with Crippen LogP contribution in [0.15, 0.2) is 24.3 Å². The first-order chi connectivity index (χ1) is 11.0. The van der Waals surface area contributed by atoms with Crippen molar-refractivity contribution in [3.63, 3.8) is 0 Å². The molecular weight excluding hydrogens is 292 g/mol. The molecular formula is C18H28N2O3. The van der Waals surface area contributed by atoms with E-state index in [1.54, 1.807) is 14.0 Å². The Labute approximate surface area is 138 Å². The number of anilines is 1. The number of carbonyl (C=O) groups is 1. The predicted molar refractivity (Wildman–Crippen MR) is 91.8 cm³/mol. The molecule has 0 radical (unpaired) electrons. The molecule has 3 atom stereocenters. The number of aliphatic hydroxyl groups is 1. The first kappa shape index (κ1) is 17.6. The molecule has 23 heavy (non-hydrogen) atoms.